The molecule has 4 heteroatoms. The van der Waals surface area contributed by atoms with E-state index in [1.165, 1.54) is 6.92 Å². The Morgan fingerprint density at radius 3 is 2.56 bits per heavy atom. The molecule has 3 N–H and O–H groups in total. The van der Waals surface area contributed by atoms with E-state index in [9.17, 15) is 9.59 Å². The summed E-state index contributed by atoms with van der Waals surface area (Å²) in [4.78, 5) is 22.6. The zero-order chi connectivity index (χ0) is 12.1. The van der Waals surface area contributed by atoms with Crippen molar-refractivity contribution in [2.75, 3.05) is 5.73 Å². The number of anilines is 1. The van der Waals surface area contributed by atoms with Gasteiger partial charge in [-0.3, -0.25) is 9.59 Å². The average Bonchev–Trinajstić information content (AvgIpc) is 2.16. The lowest BCUT2D eigenvalue weighted by Gasteiger charge is -2.12. The Morgan fingerprint density at radius 1 is 1.38 bits per heavy atom. The molecule has 4 nitrogen and oxygen atoms in total. The molecule has 0 aliphatic heterocycles. The number of ketones is 1. The lowest BCUT2D eigenvalue weighted by Crippen LogP contribution is -2.32. The van der Waals surface area contributed by atoms with Gasteiger partial charge in [0.05, 0.1) is 0 Å². The van der Waals surface area contributed by atoms with E-state index < -0.39 is 0 Å². The van der Waals surface area contributed by atoms with E-state index in [1.807, 2.05) is 0 Å². The Morgan fingerprint density at radius 2 is 2.00 bits per heavy atom. The van der Waals surface area contributed by atoms with Gasteiger partial charge in [-0.2, -0.15) is 0 Å². The summed E-state index contributed by atoms with van der Waals surface area (Å²) in [5.41, 5.74) is 6.68. The van der Waals surface area contributed by atoms with Gasteiger partial charge in [0.1, 0.15) is 0 Å². The fraction of sp³-hybridized carbons (Fsp3) is 0.333. The van der Waals surface area contributed by atoms with Gasteiger partial charge in [0, 0.05) is 30.6 Å². The van der Waals surface area contributed by atoms with Crippen molar-refractivity contribution >= 4 is 17.4 Å². The number of carbonyl (C=O) groups excluding carboxylic acids is 2. The van der Waals surface area contributed by atoms with Crippen LogP contribution < -0.4 is 11.1 Å². The molecule has 0 bridgehead atoms. The largest absolute Gasteiger partial charge is 0.398 e. The molecule has 0 radical (unpaired) electrons. The lowest BCUT2D eigenvalue weighted by molar-refractivity contribution is -0.119. The van der Waals surface area contributed by atoms with Gasteiger partial charge in [0.25, 0.3) is 0 Å². The highest BCUT2D eigenvalue weighted by Gasteiger charge is 2.13. The molecule has 1 aromatic rings. The van der Waals surface area contributed by atoms with Crippen molar-refractivity contribution in [3.63, 3.8) is 0 Å². The quantitative estimate of drug-likeness (QED) is 0.594. The number of hydrogen-bond donors (Lipinski definition) is 2. The van der Waals surface area contributed by atoms with Gasteiger partial charge >= 0.3 is 0 Å². The molecule has 0 aliphatic carbocycles. The van der Waals surface area contributed by atoms with Gasteiger partial charge in [-0.05, 0) is 19.1 Å². The molecule has 0 aliphatic rings. The van der Waals surface area contributed by atoms with E-state index in [4.69, 9.17) is 5.73 Å². The number of carbonyl (C=O) groups is 2. The van der Waals surface area contributed by atoms with E-state index in [-0.39, 0.29) is 24.2 Å². The Balaban J connectivity index is 2.66. The molecular weight excluding hydrogens is 204 g/mol. The summed E-state index contributed by atoms with van der Waals surface area (Å²) in [6.45, 7) is 3.22. The fourth-order valence-electron chi connectivity index (χ4n) is 1.54. The summed E-state index contributed by atoms with van der Waals surface area (Å²) in [7, 11) is 0. The first kappa shape index (κ1) is 12.2. The first-order valence-corrected chi connectivity index (χ1v) is 5.15. The predicted molar refractivity (Wildman–Crippen MR) is 63.1 cm³/mol. The van der Waals surface area contributed by atoms with E-state index in [2.05, 4.69) is 5.32 Å². The van der Waals surface area contributed by atoms with Crippen molar-refractivity contribution in [1.29, 1.82) is 0 Å². The molecule has 1 rings (SSSR count). The highest BCUT2D eigenvalue weighted by Crippen LogP contribution is 2.13. The number of nitrogens with one attached hydrogen (secondary N) is 1. The van der Waals surface area contributed by atoms with Crippen LogP contribution in [0.4, 0.5) is 5.69 Å². The second-order valence-electron chi connectivity index (χ2n) is 3.82. The number of nitrogen functional groups attached to an aromatic ring is 1. The number of rotatable bonds is 4. The highest BCUT2D eigenvalue weighted by molar-refractivity contribution is 6.01. The zero-order valence-corrected chi connectivity index (χ0v) is 9.49. The van der Waals surface area contributed by atoms with Gasteiger partial charge in [-0.1, -0.05) is 12.1 Å². The average molecular weight is 220 g/mol. The van der Waals surface area contributed by atoms with Crippen LogP contribution in [-0.4, -0.2) is 17.7 Å². The van der Waals surface area contributed by atoms with E-state index >= 15 is 0 Å². The molecule has 1 aromatic carbocycles. The summed E-state index contributed by atoms with van der Waals surface area (Å²) in [5.74, 6) is -0.194. The number of benzene rings is 1. The SMILES string of the molecule is CC(=O)NC(C)CC(=O)c1ccccc1N. The van der Waals surface area contributed by atoms with Gasteiger partial charge in [0.15, 0.2) is 5.78 Å². The monoisotopic (exact) mass is 220 g/mol. The van der Waals surface area contributed by atoms with Gasteiger partial charge < -0.3 is 11.1 Å². The van der Waals surface area contributed by atoms with Crippen molar-refractivity contribution in [3.8, 4) is 0 Å². The number of hydrogen-bond acceptors (Lipinski definition) is 3. The van der Waals surface area contributed by atoms with Crippen LogP contribution in [0.1, 0.15) is 30.6 Å². The van der Waals surface area contributed by atoms with Crippen molar-refractivity contribution in [1.82, 2.24) is 5.32 Å². The van der Waals surface area contributed by atoms with Crippen molar-refractivity contribution in [2.45, 2.75) is 26.3 Å². The van der Waals surface area contributed by atoms with Crippen LogP contribution in [0.5, 0.6) is 0 Å². The van der Waals surface area contributed by atoms with E-state index in [1.54, 1.807) is 31.2 Å². The fourth-order valence-corrected chi connectivity index (χ4v) is 1.54. The number of amides is 1. The third-order valence-corrected chi connectivity index (χ3v) is 2.20. The second kappa shape index (κ2) is 5.30. The lowest BCUT2D eigenvalue weighted by atomic mass is 10.0. The van der Waals surface area contributed by atoms with E-state index in [0.29, 0.717) is 11.3 Å². The molecule has 1 unspecified atom stereocenters. The minimum Gasteiger partial charge on any atom is -0.398 e. The Labute approximate surface area is 94.8 Å². The minimum atomic E-state index is -0.176. The van der Waals surface area contributed by atoms with Crippen LogP contribution in [0.3, 0.4) is 0 Å². The Bertz CT molecular complexity index is 402. The molecule has 1 amide bonds. The van der Waals surface area contributed by atoms with Crippen LogP contribution in [-0.2, 0) is 4.79 Å². The van der Waals surface area contributed by atoms with Crippen molar-refractivity contribution in [3.05, 3.63) is 29.8 Å². The number of para-hydroxylation sites is 1. The van der Waals surface area contributed by atoms with Crippen molar-refractivity contribution < 1.29 is 9.59 Å². The molecule has 1 atom stereocenters. The number of Topliss-reactive ketones (excluding diaryl/α,β-unsaturated/α-hetero) is 1. The maximum Gasteiger partial charge on any atom is 0.217 e. The second-order valence-corrected chi connectivity index (χ2v) is 3.82. The third-order valence-electron chi connectivity index (χ3n) is 2.20. The van der Waals surface area contributed by atoms with Crippen LogP contribution in [0.25, 0.3) is 0 Å². The molecule has 0 heterocycles. The summed E-state index contributed by atoms with van der Waals surface area (Å²) in [5, 5.41) is 2.66. The van der Waals surface area contributed by atoms with Crippen molar-refractivity contribution in [2.24, 2.45) is 0 Å². The maximum atomic E-state index is 11.8. The summed E-state index contributed by atoms with van der Waals surface area (Å²) < 4.78 is 0. The first-order chi connectivity index (χ1) is 7.50. The molecule has 0 spiro atoms. The highest BCUT2D eigenvalue weighted by atomic mass is 16.1. The number of nitrogens with two attached hydrogens (primary N) is 1. The molecule has 0 aromatic heterocycles. The van der Waals surface area contributed by atoms with Gasteiger partial charge in [0.2, 0.25) is 5.91 Å². The first-order valence-electron chi connectivity index (χ1n) is 5.15. The molecule has 86 valence electrons. The van der Waals surface area contributed by atoms with Crippen LogP contribution >= 0.6 is 0 Å². The Hall–Kier alpha value is -1.84. The maximum absolute atomic E-state index is 11.8. The standard InChI is InChI=1S/C12H16N2O2/c1-8(14-9(2)15)7-12(16)10-5-3-4-6-11(10)13/h3-6,8H,7,13H2,1-2H3,(H,14,15). The molecular formula is C12H16N2O2. The zero-order valence-electron chi connectivity index (χ0n) is 9.49. The molecule has 16 heavy (non-hydrogen) atoms. The molecule has 0 saturated heterocycles. The third kappa shape index (κ3) is 3.38. The smallest absolute Gasteiger partial charge is 0.217 e. The topological polar surface area (TPSA) is 72.2 Å². The summed E-state index contributed by atoms with van der Waals surface area (Å²) in [6, 6.07) is 6.76. The normalized spacial score (nSPS) is 11.9. The summed E-state index contributed by atoms with van der Waals surface area (Å²) >= 11 is 0. The van der Waals surface area contributed by atoms with Gasteiger partial charge in [-0.15, -0.1) is 0 Å². The van der Waals surface area contributed by atoms with Gasteiger partial charge in [-0.25, -0.2) is 0 Å². The van der Waals surface area contributed by atoms with Crippen LogP contribution in [0, 0.1) is 0 Å². The van der Waals surface area contributed by atoms with E-state index in [0.717, 1.165) is 0 Å². The van der Waals surface area contributed by atoms with Crippen LogP contribution in [0.15, 0.2) is 24.3 Å². The summed E-state index contributed by atoms with van der Waals surface area (Å²) in [6.07, 6.45) is 0.258. The minimum absolute atomic E-state index is 0.0562. The predicted octanol–water partition coefficient (Wildman–Crippen LogP) is 1.37. The molecule has 0 fully saturated rings. The molecule has 0 saturated carbocycles. The van der Waals surface area contributed by atoms with Crippen LogP contribution in [0.2, 0.25) is 0 Å². The Kier molecular flexibility index (Phi) is 4.05.